The Bertz CT molecular complexity index is 1210. The summed E-state index contributed by atoms with van der Waals surface area (Å²) >= 11 is 1.61. The minimum atomic E-state index is -0.00291. The fraction of sp³-hybridized carbons (Fsp3) is 0.192. The van der Waals surface area contributed by atoms with E-state index in [4.69, 9.17) is 14.5 Å². The molecule has 33 heavy (non-hydrogen) atoms. The van der Waals surface area contributed by atoms with Gasteiger partial charge in [0.1, 0.15) is 5.01 Å². The zero-order valence-electron chi connectivity index (χ0n) is 18.6. The van der Waals surface area contributed by atoms with Crippen molar-refractivity contribution in [1.29, 1.82) is 0 Å². The molecule has 0 bridgehead atoms. The molecule has 168 valence electrons. The standard InChI is InChI=1S/C26H25N3O3S/c1-31-23-8-5-19(15-24(23)32-2)9-14-28-25(30)16-18-3-6-20(7-4-18)22-17-33-26(29-22)21-10-12-27-13-11-21/h3-8,10-13,15,17H,9,14,16H2,1-2H3,(H,28,30). The van der Waals surface area contributed by atoms with E-state index >= 15 is 0 Å². The lowest BCUT2D eigenvalue weighted by molar-refractivity contribution is -0.120. The predicted molar refractivity (Wildman–Crippen MR) is 131 cm³/mol. The van der Waals surface area contributed by atoms with Crippen molar-refractivity contribution in [2.45, 2.75) is 12.8 Å². The van der Waals surface area contributed by atoms with Crippen LogP contribution in [-0.4, -0.2) is 36.6 Å². The van der Waals surface area contributed by atoms with Crippen LogP contribution >= 0.6 is 11.3 Å². The van der Waals surface area contributed by atoms with Crippen molar-refractivity contribution in [3.63, 3.8) is 0 Å². The van der Waals surface area contributed by atoms with Crippen LogP contribution in [0.1, 0.15) is 11.1 Å². The van der Waals surface area contributed by atoms with Crippen molar-refractivity contribution in [2.24, 2.45) is 0 Å². The highest BCUT2D eigenvalue weighted by Crippen LogP contribution is 2.29. The fourth-order valence-corrected chi connectivity index (χ4v) is 4.29. The summed E-state index contributed by atoms with van der Waals surface area (Å²) in [5.74, 6) is 1.38. The van der Waals surface area contributed by atoms with Gasteiger partial charge in [-0.25, -0.2) is 4.98 Å². The number of hydrogen-bond donors (Lipinski definition) is 1. The van der Waals surface area contributed by atoms with Crippen molar-refractivity contribution in [3.8, 4) is 33.3 Å². The van der Waals surface area contributed by atoms with Crippen LogP contribution in [0.5, 0.6) is 11.5 Å². The van der Waals surface area contributed by atoms with Gasteiger partial charge in [0, 0.05) is 35.4 Å². The molecule has 2 aromatic heterocycles. The van der Waals surface area contributed by atoms with E-state index in [1.54, 1.807) is 38.0 Å². The average molecular weight is 460 g/mol. The molecule has 1 amide bonds. The molecule has 7 heteroatoms. The van der Waals surface area contributed by atoms with E-state index in [1.807, 2.05) is 60.0 Å². The van der Waals surface area contributed by atoms with Gasteiger partial charge in [-0.2, -0.15) is 0 Å². The molecule has 1 N–H and O–H groups in total. The molecule has 0 aliphatic heterocycles. The quantitative estimate of drug-likeness (QED) is 0.390. The van der Waals surface area contributed by atoms with E-state index in [1.165, 1.54) is 0 Å². The van der Waals surface area contributed by atoms with Gasteiger partial charge in [-0.05, 0) is 41.8 Å². The van der Waals surface area contributed by atoms with E-state index < -0.39 is 0 Å². The summed E-state index contributed by atoms with van der Waals surface area (Å²) in [5.41, 5.74) is 5.06. The van der Waals surface area contributed by atoms with Gasteiger partial charge >= 0.3 is 0 Å². The van der Waals surface area contributed by atoms with E-state index in [0.717, 1.165) is 33.0 Å². The molecule has 0 unspecified atom stereocenters. The number of hydrogen-bond acceptors (Lipinski definition) is 6. The molecular formula is C26H25N3O3S. The second kappa shape index (κ2) is 10.7. The molecule has 2 aromatic carbocycles. The maximum absolute atomic E-state index is 12.4. The fourth-order valence-electron chi connectivity index (χ4n) is 3.46. The minimum absolute atomic E-state index is 0.00291. The Morgan fingerprint density at radius 3 is 2.36 bits per heavy atom. The lowest BCUT2D eigenvalue weighted by Crippen LogP contribution is -2.27. The number of carbonyl (C=O) groups excluding carboxylic acids is 1. The summed E-state index contributed by atoms with van der Waals surface area (Å²) in [6, 6.07) is 17.7. The molecule has 0 radical (unpaired) electrons. The largest absolute Gasteiger partial charge is 0.493 e. The Balaban J connectivity index is 1.29. The zero-order chi connectivity index (χ0) is 23.0. The number of methoxy groups -OCH3 is 2. The van der Waals surface area contributed by atoms with Crippen molar-refractivity contribution in [3.05, 3.63) is 83.5 Å². The summed E-state index contributed by atoms with van der Waals surface area (Å²) < 4.78 is 10.6. The molecule has 0 aliphatic carbocycles. The Morgan fingerprint density at radius 1 is 0.909 bits per heavy atom. The number of carbonyl (C=O) groups is 1. The topological polar surface area (TPSA) is 73.3 Å². The normalized spacial score (nSPS) is 10.6. The smallest absolute Gasteiger partial charge is 0.224 e. The van der Waals surface area contributed by atoms with Gasteiger partial charge in [0.2, 0.25) is 5.91 Å². The molecule has 0 fully saturated rings. The molecular weight excluding hydrogens is 434 g/mol. The predicted octanol–water partition coefficient (Wildman–Crippen LogP) is 4.79. The molecule has 0 spiro atoms. The van der Waals surface area contributed by atoms with E-state index in [2.05, 4.69) is 10.3 Å². The van der Waals surface area contributed by atoms with Crippen molar-refractivity contribution in [2.75, 3.05) is 20.8 Å². The highest BCUT2D eigenvalue weighted by atomic mass is 32.1. The lowest BCUT2D eigenvalue weighted by Gasteiger charge is -2.10. The van der Waals surface area contributed by atoms with Crippen molar-refractivity contribution >= 4 is 17.2 Å². The summed E-state index contributed by atoms with van der Waals surface area (Å²) in [6.07, 6.45) is 4.59. The first-order valence-corrected chi connectivity index (χ1v) is 11.5. The van der Waals surface area contributed by atoms with Gasteiger partial charge in [-0.15, -0.1) is 11.3 Å². The molecule has 0 atom stereocenters. The third kappa shape index (κ3) is 5.75. The number of thiazole rings is 1. The Hall–Kier alpha value is -3.71. The maximum atomic E-state index is 12.4. The van der Waals surface area contributed by atoms with Crippen LogP contribution in [0.4, 0.5) is 0 Å². The second-order valence-corrected chi connectivity index (χ2v) is 8.29. The molecule has 4 aromatic rings. The summed E-state index contributed by atoms with van der Waals surface area (Å²) in [6.45, 7) is 0.559. The van der Waals surface area contributed by atoms with Crippen LogP contribution in [0.3, 0.4) is 0 Å². The minimum Gasteiger partial charge on any atom is -0.493 e. The molecule has 2 heterocycles. The van der Waals surface area contributed by atoms with E-state index in [0.29, 0.717) is 30.9 Å². The summed E-state index contributed by atoms with van der Waals surface area (Å²) in [7, 11) is 3.23. The molecule has 0 aliphatic rings. The van der Waals surface area contributed by atoms with Crippen LogP contribution in [0.25, 0.3) is 21.8 Å². The molecule has 0 saturated heterocycles. The Morgan fingerprint density at radius 2 is 1.64 bits per heavy atom. The van der Waals surface area contributed by atoms with Crippen LogP contribution in [0.2, 0.25) is 0 Å². The number of amides is 1. The molecule has 4 rings (SSSR count). The summed E-state index contributed by atoms with van der Waals surface area (Å²) in [5, 5.41) is 6.00. The lowest BCUT2D eigenvalue weighted by atomic mass is 10.1. The average Bonchev–Trinajstić information content (AvgIpc) is 3.35. The number of aromatic nitrogens is 2. The van der Waals surface area contributed by atoms with Crippen molar-refractivity contribution < 1.29 is 14.3 Å². The second-order valence-electron chi connectivity index (χ2n) is 7.44. The highest BCUT2D eigenvalue weighted by Gasteiger charge is 2.09. The zero-order valence-corrected chi connectivity index (χ0v) is 19.4. The van der Waals surface area contributed by atoms with Crippen molar-refractivity contribution in [1.82, 2.24) is 15.3 Å². The van der Waals surface area contributed by atoms with Gasteiger partial charge < -0.3 is 14.8 Å². The van der Waals surface area contributed by atoms with Crippen LogP contribution in [-0.2, 0) is 17.6 Å². The Labute approximate surface area is 197 Å². The number of benzene rings is 2. The first-order chi connectivity index (χ1) is 16.2. The third-order valence-corrected chi connectivity index (χ3v) is 6.12. The Kier molecular flexibility index (Phi) is 7.32. The number of rotatable bonds is 9. The van der Waals surface area contributed by atoms with E-state index in [9.17, 15) is 4.79 Å². The number of pyridine rings is 1. The van der Waals surface area contributed by atoms with Gasteiger partial charge in [0.25, 0.3) is 0 Å². The monoisotopic (exact) mass is 459 g/mol. The SMILES string of the molecule is COc1ccc(CCNC(=O)Cc2ccc(-c3csc(-c4ccncc4)n3)cc2)cc1OC. The third-order valence-electron chi connectivity index (χ3n) is 5.23. The van der Waals surface area contributed by atoms with Gasteiger partial charge in [-0.3, -0.25) is 9.78 Å². The van der Waals surface area contributed by atoms with Gasteiger partial charge in [-0.1, -0.05) is 30.3 Å². The highest BCUT2D eigenvalue weighted by molar-refractivity contribution is 7.13. The number of nitrogens with zero attached hydrogens (tertiary/aromatic N) is 2. The first kappa shape index (κ1) is 22.5. The van der Waals surface area contributed by atoms with Crippen LogP contribution in [0, 0.1) is 0 Å². The molecule has 0 saturated carbocycles. The van der Waals surface area contributed by atoms with Crippen LogP contribution < -0.4 is 14.8 Å². The molecule has 6 nitrogen and oxygen atoms in total. The summed E-state index contributed by atoms with van der Waals surface area (Å²) in [4.78, 5) is 21.1. The van der Waals surface area contributed by atoms with Gasteiger partial charge in [0.05, 0.1) is 26.3 Å². The van der Waals surface area contributed by atoms with E-state index in [-0.39, 0.29) is 5.91 Å². The maximum Gasteiger partial charge on any atom is 0.224 e. The van der Waals surface area contributed by atoms with Gasteiger partial charge in [0.15, 0.2) is 11.5 Å². The first-order valence-electron chi connectivity index (χ1n) is 10.6. The van der Waals surface area contributed by atoms with Crippen LogP contribution in [0.15, 0.2) is 72.4 Å². The number of nitrogens with one attached hydrogen (secondary N) is 1. The number of ether oxygens (including phenoxy) is 2.